The molecule has 2 atom stereocenters. The lowest BCUT2D eigenvalue weighted by Gasteiger charge is -2.18. The van der Waals surface area contributed by atoms with Crippen molar-refractivity contribution in [2.45, 2.75) is 38.7 Å². The molecule has 0 heterocycles. The van der Waals surface area contributed by atoms with Gasteiger partial charge in [0.1, 0.15) is 0 Å². The number of aliphatic hydroxyl groups is 1. The number of aryl methyl sites for hydroxylation is 1. The molecular weight excluding hydrogens is 252 g/mol. The van der Waals surface area contributed by atoms with Gasteiger partial charge >= 0.3 is 5.97 Å². The fraction of sp³-hybridized carbons (Fsp3) is 0.353. The van der Waals surface area contributed by atoms with Crippen molar-refractivity contribution in [2.75, 3.05) is 0 Å². The fourth-order valence-corrected chi connectivity index (χ4v) is 2.39. The van der Waals surface area contributed by atoms with Crippen LogP contribution in [0, 0.1) is 0 Å². The standard InChI is InChI=1S/C17H20O3/c1-3-12-4-5-15-9-13(6-7-14(15)8-12)11(2)16(18)10-17(19)20/h4-9,11,16,18H,3,10H2,1-2H3,(H,19,20)/t11?,16-/m0/s1. The van der Waals surface area contributed by atoms with Crippen LogP contribution in [0.1, 0.15) is 37.3 Å². The molecule has 0 bridgehead atoms. The Kier molecular flexibility index (Phi) is 4.40. The van der Waals surface area contributed by atoms with Gasteiger partial charge in [0.05, 0.1) is 12.5 Å². The molecule has 106 valence electrons. The maximum Gasteiger partial charge on any atom is 0.305 e. The van der Waals surface area contributed by atoms with Gasteiger partial charge in [-0.25, -0.2) is 0 Å². The van der Waals surface area contributed by atoms with E-state index in [-0.39, 0.29) is 12.3 Å². The topological polar surface area (TPSA) is 57.5 Å². The molecule has 0 aromatic heterocycles. The van der Waals surface area contributed by atoms with Crippen LogP contribution in [-0.2, 0) is 11.2 Å². The second kappa shape index (κ2) is 6.06. The van der Waals surface area contributed by atoms with Crippen molar-refractivity contribution in [2.24, 2.45) is 0 Å². The number of carboxylic acids is 1. The first-order valence-corrected chi connectivity index (χ1v) is 6.93. The monoisotopic (exact) mass is 272 g/mol. The van der Waals surface area contributed by atoms with Gasteiger partial charge in [0.25, 0.3) is 0 Å². The molecule has 2 aromatic carbocycles. The van der Waals surface area contributed by atoms with Crippen molar-refractivity contribution in [3.63, 3.8) is 0 Å². The molecule has 2 aromatic rings. The van der Waals surface area contributed by atoms with E-state index in [1.54, 1.807) is 0 Å². The third-order valence-corrected chi connectivity index (χ3v) is 3.82. The molecule has 0 aliphatic heterocycles. The highest BCUT2D eigenvalue weighted by Gasteiger charge is 2.19. The lowest BCUT2D eigenvalue weighted by Crippen LogP contribution is -2.19. The largest absolute Gasteiger partial charge is 0.481 e. The molecule has 0 radical (unpaired) electrons. The summed E-state index contributed by atoms with van der Waals surface area (Å²) in [6, 6.07) is 12.4. The van der Waals surface area contributed by atoms with Crippen LogP contribution in [0.3, 0.4) is 0 Å². The van der Waals surface area contributed by atoms with Crippen molar-refractivity contribution in [1.29, 1.82) is 0 Å². The Bertz CT molecular complexity index is 619. The van der Waals surface area contributed by atoms with E-state index in [1.165, 1.54) is 10.9 Å². The predicted molar refractivity (Wildman–Crippen MR) is 80.0 cm³/mol. The zero-order valence-corrected chi connectivity index (χ0v) is 11.8. The Morgan fingerprint density at radius 3 is 2.45 bits per heavy atom. The van der Waals surface area contributed by atoms with Gasteiger partial charge in [-0.15, -0.1) is 0 Å². The van der Waals surface area contributed by atoms with E-state index >= 15 is 0 Å². The van der Waals surface area contributed by atoms with Crippen molar-refractivity contribution in [3.8, 4) is 0 Å². The van der Waals surface area contributed by atoms with E-state index in [9.17, 15) is 9.90 Å². The van der Waals surface area contributed by atoms with Crippen molar-refractivity contribution in [1.82, 2.24) is 0 Å². The normalized spacial score (nSPS) is 14.2. The number of aliphatic hydroxyl groups excluding tert-OH is 1. The Morgan fingerprint density at radius 2 is 1.80 bits per heavy atom. The minimum Gasteiger partial charge on any atom is -0.481 e. The van der Waals surface area contributed by atoms with E-state index in [0.717, 1.165) is 17.4 Å². The molecular formula is C17H20O3. The van der Waals surface area contributed by atoms with Gasteiger partial charge in [0.15, 0.2) is 0 Å². The summed E-state index contributed by atoms with van der Waals surface area (Å²) in [5.74, 6) is -1.17. The SMILES string of the molecule is CCc1ccc2cc(C(C)[C@@H](O)CC(=O)O)ccc2c1. The lowest BCUT2D eigenvalue weighted by molar-refractivity contribution is -0.139. The van der Waals surface area contributed by atoms with Gasteiger partial charge < -0.3 is 10.2 Å². The van der Waals surface area contributed by atoms with Gasteiger partial charge in [-0.05, 0) is 28.3 Å². The van der Waals surface area contributed by atoms with Gasteiger partial charge in [-0.3, -0.25) is 4.79 Å². The van der Waals surface area contributed by atoms with Crippen LogP contribution in [0.15, 0.2) is 36.4 Å². The summed E-state index contributed by atoms with van der Waals surface area (Å²) in [4.78, 5) is 10.7. The Labute approximate surface area is 118 Å². The maximum absolute atomic E-state index is 10.7. The number of benzene rings is 2. The number of carbonyl (C=O) groups is 1. The summed E-state index contributed by atoms with van der Waals surface area (Å²) in [5, 5.41) is 21.0. The number of fused-ring (bicyclic) bond motifs is 1. The second-order valence-corrected chi connectivity index (χ2v) is 5.25. The predicted octanol–water partition coefficient (Wildman–Crippen LogP) is 3.34. The number of aliphatic carboxylic acids is 1. The van der Waals surface area contributed by atoms with E-state index in [0.29, 0.717) is 0 Å². The molecule has 2 rings (SSSR count). The van der Waals surface area contributed by atoms with Crippen LogP contribution in [0.5, 0.6) is 0 Å². The Morgan fingerprint density at radius 1 is 1.15 bits per heavy atom. The molecule has 0 spiro atoms. The lowest BCUT2D eigenvalue weighted by atomic mass is 9.91. The highest BCUT2D eigenvalue weighted by atomic mass is 16.4. The van der Waals surface area contributed by atoms with Gasteiger partial charge in [0.2, 0.25) is 0 Å². The number of hydrogen-bond donors (Lipinski definition) is 2. The van der Waals surface area contributed by atoms with E-state index in [1.807, 2.05) is 25.1 Å². The molecule has 0 amide bonds. The molecule has 0 fully saturated rings. The summed E-state index contributed by atoms with van der Waals surface area (Å²) in [6.07, 6.45) is -0.0841. The van der Waals surface area contributed by atoms with E-state index in [2.05, 4.69) is 25.1 Å². The average molecular weight is 272 g/mol. The summed E-state index contributed by atoms with van der Waals surface area (Å²) in [7, 11) is 0. The third kappa shape index (κ3) is 3.17. The molecule has 0 aliphatic carbocycles. The van der Waals surface area contributed by atoms with Crippen molar-refractivity contribution < 1.29 is 15.0 Å². The Balaban J connectivity index is 2.29. The third-order valence-electron chi connectivity index (χ3n) is 3.82. The molecule has 0 saturated heterocycles. The van der Waals surface area contributed by atoms with Crippen LogP contribution in [0.4, 0.5) is 0 Å². The first-order chi connectivity index (χ1) is 9.51. The number of hydrogen-bond acceptors (Lipinski definition) is 2. The minimum absolute atomic E-state index is 0.193. The molecule has 1 unspecified atom stereocenters. The quantitative estimate of drug-likeness (QED) is 0.877. The van der Waals surface area contributed by atoms with E-state index in [4.69, 9.17) is 5.11 Å². The van der Waals surface area contributed by atoms with Crippen LogP contribution >= 0.6 is 0 Å². The second-order valence-electron chi connectivity index (χ2n) is 5.25. The summed E-state index contributed by atoms with van der Waals surface area (Å²) >= 11 is 0. The molecule has 0 saturated carbocycles. The van der Waals surface area contributed by atoms with Crippen LogP contribution in [-0.4, -0.2) is 22.3 Å². The summed E-state index contributed by atoms with van der Waals surface area (Å²) in [6.45, 7) is 3.98. The highest BCUT2D eigenvalue weighted by Crippen LogP contribution is 2.26. The first kappa shape index (κ1) is 14.5. The average Bonchev–Trinajstić information content (AvgIpc) is 2.44. The molecule has 2 N–H and O–H groups in total. The minimum atomic E-state index is -0.974. The summed E-state index contributed by atoms with van der Waals surface area (Å²) < 4.78 is 0. The first-order valence-electron chi connectivity index (χ1n) is 6.93. The zero-order chi connectivity index (χ0) is 14.7. The number of carboxylic acid groups (broad SMARTS) is 1. The van der Waals surface area contributed by atoms with Crippen LogP contribution in [0.2, 0.25) is 0 Å². The van der Waals surface area contributed by atoms with Crippen LogP contribution < -0.4 is 0 Å². The van der Waals surface area contributed by atoms with Gasteiger partial charge in [-0.1, -0.05) is 50.2 Å². The maximum atomic E-state index is 10.7. The van der Waals surface area contributed by atoms with Crippen LogP contribution in [0.25, 0.3) is 10.8 Å². The van der Waals surface area contributed by atoms with Gasteiger partial charge in [0, 0.05) is 5.92 Å². The molecule has 20 heavy (non-hydrogen) atoms. The van der Waals surface area contributed by atoms with E-state index < -0.39 is 12.1 Å². The molecule has 3 heteroatoms. The Hall–Kier alpha value is -1.87. The smallest absolute Gasteiger partial charge is 0.305 e. The summed E-state index contributed by atoms with van der Waals surface area (Å²) in [5.41, 5.74) is 2.26. The van der Waals surface area contributed by atoms with Gasteiger partial charge in [-0.2, -0.15) is 0 Å². The van der Waals surface area contributed by atoms with Crippen molar-refractivity contribution in [3.05, 3.63) is 47.5 Å². The van der Waals surface area contributed by atoms with Crippen molar-refractivity contribution >= 4 is 16.7 Å². The number of rotatable bonds is 5. The highest BCUT2D eigenvalue weighted by molar-refractivity contribution is 5.84. The zero-order valence-electron chi connectivity index (χ0n) is 11.8. The fourth-order valence-electron chi connectivity index (χ4n) is 2.39. The molecule has 3 nitrogen and oxygen atoms in total. The molecule has 0 aliphatic rings.